The molecule has 4 rings (SSSR count). The van der Waals surface area contributed by atoms with Crippen LogP contribution in [0.15, 0.2) is 54.7 Å². The van der Waals surface area contributed by atoms with Crippen LogP contribution in [-0.4, -0.2) is 64.7 Å². The SMILES string of the molecule is Cc1cccc2ccnc(N(C(=O)c3cccc(C#CCCN)c3)[C@@H]3CCCN(C(=O)OC(C)(C)C)C3)c12.O=CO. The second-order valence-corrected chi connectivity index (χ2v) is 10.7. The highest BCUT2D eigenvalue weighted by atomic mass is 16.6. The molecular weight excluding hydrogens is 520 g/mol. The first-order valence-corrected chi connectivity index (χ1v) is 13.6. The molecule has 2 amide bonds. The molecule has 2 heterocycles. The van der Waals surface area contributed by atoms with Gasteiger partial charge in [0, 0.05) is 48.8 Å². The number of hydrogen-bond acceptors (Lipinski definition) is 6. The number of nitrogens with zero attached hydrogens (tertiary/aromatic N) is 3. The first-order chi connectivity index (χ1) is 19.6. The number of nitrogens with two attached hydrogens (primary N) is 1. The van der Waals surface area contributed by atoms with E-state index in [1.807, 2.05) is 70.2 Å². The number of rotatable bonds is 4. The Hall–Kier alpha value is -4.42. The van der Waals surface area contributed by atoms with Gasteiger partial charge in [0.25, 0.3) is 12.4 Å². The van der Waals surface area contributed by atoms with Crippen LogP contribution in [0.3, 0.4) is 0 Å². The lowest BCUT2D eigenvalue weighted by Gasteiger charge is -2.39. The van der Waals surface area contributed by atoms with Gasteiger partial charge in [-0.2, -0.15) is 0 Å². The van der Waals surface area contributed by atoms with Crippen molar-refractivity contribution in [2.75, 3.05) is 24.5 Å². The van der Waals surface area contributed by atoms with Crippen molar-refractivity contribution >= 4 is 35.1 Å². The molecule has 1 saturated heterocycles. The molecule has 216 valence electrons. The number of aryl methyl sites for hydroxylation is 1. The molecule has 2 aromatic carbocycles. The van der Waals surface area contributed by atoms with E-state index in [1.165, 1.54) is 0 Å². The fraction of sp³-hybridized carbons (Fsp3) is 0.375. The number of ether oxygens (including phenoxy) is 1. The minimum atomic E-state index is -0.598. The number of anilines is 1. The lowest BCUT2D eigenvalue weighted by atomic mass is 10.00. The van der Waals surface area contributed by atoms with Crippen molar-refractivity contribution in [3.63, 3.8) is 0 Å². The summed E-state index contributed by atoms with van der Waals surface area (Å²) in [6.45, 7) is 8.78. The van der Waals surface area contributed by atoms with E-state index in [-0.39, 0.29) is 24.5 Å². The van der Waals surface area contributed by atoms with Gasteiger partial charge in [-0.25, -0.2) is 9.78 Å². The van der Waals surface area contributed by atoms with Gasteiger partial charge in [0.2, 0.25) is 0 Å². The van der Waals surface area contributed by atoms with Crippen molar-refractivity contribution < 1.29 is 24.2 Å². The van der Waals surface area contributed by atoms with Crippen LogP contribution in [0, 0.1) is 18.8 Å². The van der Waals surface area contributed by atoms with Crippen LogP contribution >= 0.6 is 0 Å². The largest absolute Gasteiger partial charge is 0.483 e. The number of carbonyl (C=O) groups excluding carboxylic acids is 2. The minimum absolute atomic E-state index is 0.174. The second kappa shape index (κ2) is 14.3. The number of carbonyl (C=O) groups is 3. The summed E-state index contributed by atoms with van der Waals surface area (Å²) in [6, 6.07) is 15.1. The maximum Gasteiger partial charge on any atom is 0.410 e. The molecule has 0 bridgehead atoms. The maximum absolute atomic E-state index is 14.3. The summed E-state index contributed by atoms with van der Waals surface area (Å²) in [6.07, 6.45) is 3.45. The Morgan fingerprint density at radius 1 is 1.22 bits per heavy atom. The highest BCUT2D eigenvalue weighted by molar-refractivity contribution is 6.11. The van der Waals surface area contributed by atoms with E-state index in [4.69, 9.17) is 25.4 Å². The van der Waals surface area contributed by atoms with Crippen LogP contribution < -0.4 is 10.6 Å². The maximum atomic E-state index is 14.3. The first kappa shape index (κ1) is 31.1. The van der Waals surface area contributed by atoms with Crippen LogP contribution in [0.1, 0.15) is 61.5 Å². The zero-order valence-electron chi connectivity index (χ0n) is 24.1. The average molecular weight is 559 g/mol. The topological polar surface area (TPSA) is 126 Å². The van der Waals surface area contributed by atoms with Crippen LogP contribution in [0.2, 0.25) is 0 Å². The molecule has 9 heteroatoms. The standard InChI is InChI=1S/C31H36N4O3.CH2O2/c1-22-10-7-13-24-16-18-33-28(27(22)24)35(26-15-9-19-34(21-26)30(37)38-31(2,3)4)29(36)25-14-8-12-23(20-25)11-5-6-17-32;2-1-3/h7-8,10,12-14,16,18,20,26H,6,9,15,17,19,21,32H2,1-4H3;1H,(H,2,3)/t26-;/m1./s1. The highest BCUT2D eigenvalue weighted by Gasteiger charge is 2.35. The zero-order valence-corrected chi connectivity index (χ0v) is 24.1. The molecule has 9 nitrogen and oxygen atoms in total. The fourth-order valence-corrected chi connectivity index (χ4v) is 4.77. The Labute approximate surface area is 241 Å². The number of fused-ring (bicyclic) bond motifs is 1. The summed E-state index contributed by atoms with van der Waals surface area (Å²) in [5, 5.41) is 8.82. The Bertz CT molecular complexity index is 1430. The van der Waals surface area contributed by atoms with Crippen molar-refractivity contribution in [2.45, 2.75) is 58.6 Å². The van der Waals surface area contributed by atoms with E-state index in [0.717, 1.165) is 34.7 Å². The minimum Gasteiger partial charge on any atom is -0.483 e. The van der Waals surface area contributed by atoms with Gasteiger partial charge in [-0.1, -0.05) is 36.1 Å². The lowest BCUT2D eigenvalue weighted by Crippen LogP contribution is -2.53. The summed E-state index contributed by atoms with van der Waals surface area (Å²) in [4.78, 5) is 43.8. The molecule has 1 fully saturated rings. The van der Waals surface area contributed by atoms with Gasteiger partial charge in [-0.15, -0.1) is 0 Å². The molecule has 1 atom stereocenters. The van der Waals surface area contributed by atoms with E-state index < -0.39 is 5.60 Å². The number of piperidine rings is 1. The predicted octanol–water partition coefficient (Wildman–Crippen LogP) is 4.99. The summed E-state index contributed by atoms with van der Waals surface area (Å²) in [7, 11) is 0. The van der Waals surface area contributed by atoms with E-state index in [0.29, 0.717) is 37.4 Å². The third-order valence-corrected chi connectivity index (χ3v) is 6.45. The fourth-order valence-electron chi connectivity index (χ4n) is 4.77. The lowest BCUT2D eigenvalue weighted by molar-refractivity contribution is -0.122. The zero-order chi connectivity index (χ0) is 30.0. The van der Waals surface area contributed by atoms with Gasteiger partial charge >= 0.3 is 6.09 Å². The van der Waals surface area contributed by atoms with E-state index >= 15 is 0 Å². The normalized spacial score (nSPS) is 14.7. The number of aromatic nitrogens is 1. The third kappa shape index (κ3) is 8.29. The molecule has 1 aromatic heterocycles. The average Bonchev–Trinajstić information content (AvgIpc) is 2.93. The molecule has 41 heavy (non-hydrogen) atoms. The summed E-state index contributed by atoms with van der Waals surface area (Å²) >= 11 is 0. The van der Waals surface area contributed by atoms with Crippen LogP contribution in [0.5, 0.6) is 0 Å². The Balaban J connectivity index is 0.00000147. The first-order valence-electron chi connectivity index (χ1n) is 13.6. The van der Waals surface area contributed by atoms with Crippen molar-refractivity contribution in [3.05, 3.63) is 71.4 Å². The molecule has 0 spiro atoms. The van der Waals surface area contributed by atoms with Gasteiger partial charge < -0.3 is 20.5 Å². The van der Waals surface area contributed by atoms with Crippen molar-refractivity contribution in [1.29, 1.82) is 0 Å². The van der Waals surface area contributed by atoms with Crippen molar-refractivity contribution in [1.82, 2.24) is 9.88 Å². The Morgan fingerprint density at radius 2 is 1.95 bits per heavy atom. The van der Waals surface area contributed by atoms with Gasteiger partial charge in [0.1, 0.15) is 11.4 Å². The van der Waals surface area contributed by atoms with E-state index in [9.17, 15) is 9.59 Å². The number of amides is 2. The van der Waals surface area contributed by atoms with Gasteiger partial charge in [-0.05, 0) is 75.8 Å². The Kier molecular flexibility index (Phi) is 10.8. The van der Waals surface area contributed by atoms with Crippen LogP contribution in [-0.2, 0) is 9.53 Å². The number of benzene rings is 2. The third-order valence-electron chi connectivity index (χ3n) is 6.45. The van der Waals surface area contributed by atoms with Crippen molar-refractivity contribution in [3.8, 4) is 11.8 Å². The van der Waals surface area contributed by atoms with Gasteiger partial charge in [0.15, 0.2) is 0 Å². The van der Waals surface area contributed by atoms with Gasteiger partial charge in [-0.3, -0.25) is 14.5 Å². The second-order valence-electron chi connectivity index (χ2n) is 10.7. The number of pyridine rings is 1. The highest BCUT2D eigenvalue weighted by Crippen LogP contribution is 2.32. The molecule has 0 radical (unpaired) electrons. The summed E-state index contributed by atoms with van der Waals surface area (Å²) in [5.74, 6) is 6.56. The molecule has 1 aliphatic heterocycles. The summed E-state index contributed by atoms with van der Waals surface area (Å²) < 4.78 is 5.65. The summed E-state index contributed by atoms with van der Waals surface area (Å²) in [5.41, 5.74) is 7.28. The van der Waals surface area contributed by atoms with E-state index in [1.54, 1.807) is 22.1 Å². The number of likely N-dealkylation sites (tertiary alicyclic amines) is 1. The molecule has 1 aliphatic rings. The predicted molar refractivity (Wildman–Crippen MR) is 160 cm³/mol. The Morgan fingerprint density at radius 3 is 2.66 bits per heavy atom. The van der Waals surface area contributed by atoms with Gasteiger partial charge in [0.05, 0.1) is 6.04 Å². The van der Waals surface area contributed by atoms with Crippen molar-refractivity contribution in [2.24, 2.45) is 5.73 Å². The smallest absolute Gasteiger partial charge is 0.410 e. The number of carboxylic acid groups (broad SMARTS) is 1. The molecule has 0 aliphatic carbocycles. The van der Waals surface area contributed by atoms with E-state index in [2.05, 4.69) is 11.8 Å². The van der Waals surface area contributed by atoms with Crippen LogP contribution in [0.25, 0.3) is 10.8 Å². The molecule has 0 saturated carbocycles. The molecule has 0 unspecified atom stereocenters. The quantitative estimate of drug-likeness (QED) is 0.341. The van der Waals surface area contributed by atoms with Crippen LogP contribution in [0.4, 0.5) is 10.6 Å². The monoisotopic (exact) mass is 558 g/mol. The number of hydrogen-bond donors (Lipinski definition) is 2. The molecular formula is C32H38N4O5. The molecule has 3 aromatic rings. The molecule has 3 N–H and O–H groups in total.